The molecule has 0 saturated carbocycles. The Bertz CT molecular complexity index is 827. The number of nitrogens with zero attached hydrogens (tertiary/aromatic N) is 4. The second-order valence-corrected chi connectivity index (χ2v) is 6.24. The molecule has 2 aliphatic heterocycles. The molecule has 4 rings (SSSR count). The molecule has 1 fully saturated rings. The Kier molecular flexibility index (Phi) is 3.68. The van der Waals surface area contributed by atoms with Crippen molar-refractivity contribution in [1.82, 2.24) is 24.9 Å². The molecule has 4 heterocycles. The number of nitrogens with one attached hydrogen (secondary N) is 1. The lowest BCUT2D eigenvalue weighted by molar-refractivity contribution is -0.0627. The van der Waals surface area contributed by atoms with Gasteiger partial charge >= 0.3 is 0 Å². The van der Waals surface area contributed by atoms with E-state index in [0.717, 1.165) is 17.8 Å². The monoisotopic (exact) mass is 329 g/mol. The number of likely N-dealkylation sites (tertiary alicyclic amines) is 1. The molecule has 0 aromatic carbocycles. The highest BCUT2D eigenvalue weighted by Gasteiger charge is 2.38. The lowest BCUT2D eigenvalue weighted by Crippen LogP contribution is -2.50. The van der Waals surface area contributed by atoms with Crippen LogP contribution in [0.3, 0.4) is 0 Å². The van der Waals surface area contributed by atoms with Crippen LogP contribution in [0.4, 0.5) is 0 Å². The summed E-state index contributed by atoms with van der Waals surface area (Å²) in [5.41, 5.74) is 1.93. The summed E-state index contributed by atoms with van der Waals surface area (Å²) in [7, 11) is 0. The average Bonchev–Trinajstić information content (AvgIpc) is 3.09. The lowest BCUT2D eigenvalue weighted by Gasteiger charge is -2.41. The van der Waals surface area contributed by atoms with Gasteiger partial charge in [0.15, 0.2) is 0 Å². The van der Waals surface area contributed by atoms with E-state index in [-0.39, 0.29) is 23.6 Å². The molecular weight excluding hydrogens is 310 g/mol. The highest BCUT2D eigenvalue weighted by molar-refractivity contribution is 5.94. The van der Waals surface area contributed by atoms with Crippen molar-refractivity contribution in [2.45, 2.75) is 38.5 Å². The predicted octanol–water partition coefficient (Wildman–Crippen LogP) is 0.515. The molecule has 0 spiro atoms. The Morgan fingerprint density at radius 3 is 3.17 bits per heavy atom. The second kappa shape index (κ2) is 5.86. The van der Waals surface area contributed by atoms with Crippen LogP contribution in [0.5, 0.6) is 0 Å². The molecule has 0 aliphatic carbocycles. The summed E-state index contributed by atoms with van der Waals surface area (Å²) in [6.07, 6.45) is 3.07. The van der Waals surface area contributed by atoms with Gasteiger partial charge in [-0.3, -0.25) is 9.59 Å². The largest absolute Gasteiger partial charge is 0.368 e. The molecule has 0 bridgehead atoms. The summed E-state index contributed by atoms with van der Waals surface area (Å²) in [5, 5.41) is 8.08. The van der Waals surface area contributed by atoms with E-state index in [2.05, 4.69) is 15.3 Å². The molecule has 8 nitrogen and oxygen atoms in total. The maximum Gasteiger partial charge on any atom is 0.254 e. The maximum atomic E-state index is 12.8. The summed E-state index contributed by atoms with van der Waals surface area (Å²) in [6, 6.07) is 3.24. The standard InChI is InChI=1S/C16H19N5O3/c1-2-11-5-10(6-15(22)18-11)16(23)20-4-3-13-14(8-20)24-9-12-7-17-19-21(12)13/h5-7,13-14H,2-4,8-9H2,1H3,(H,18,22)/t13-,14-/m0/s1. The normalized spacial score (nSPS) is 22.8. The van der Waals surface area contributed by atoms with Crippen molar-refractivity contribution >= 4 is 5.91 Å². The number of carbonyl (C=O) groups is 1. The Morgan fingerprint density at radius 2 is 2.33 bits per heavy atom. The summed E-state index contributed by atoms with van der Waals surface area (Å²) >= 11 is 0. The third-order valence-corrected chi connectivity index (χ3v) is 4.75. The number of pyridine rings is 1. The van der Waals surface area contributed by atoms with Crippen LogP contribution in [-0.4, -0.2) is 50.0 Å². The third kappa shape index (κ3) is 2.52. The van der Waals surface area contributed by atoms with Gasteiger partial charge in [-0.25, -0.2) is 4.68 Å². The Labute approximate surface area is 138 Å². The minimum atomic E-state index is -0.242. The number of aromatic nitrogens is 4. The second-order valence-electron chi connectivity index (χ2n) is 6.24. The minimum absolute atomic E-state index is 0.0930. The average molecular weight is 329 g/mol. The van der Waals surface area contributed by atoms with Crippen LogP contribution in [0.15, 0.2) is 23.1 Å². The van der Waals surface area contributed by atoms with Gasteiger partial charge in [-0.15, -0.1) is 5.10 Å². The van der Waals surface area contributed by atoms with Gasteiger partial charge in [0.25, 0.3) is 5.91 Å². The van der Waals surface area contributed by atoms with Crippen LogP contribution in [0.1, 0.15) is 41.1 Å². The zero-order chi connectivity index (χ0) is 16.7. The van der Waals surface area contributed by atoms with Gasteiger partial charge in [-0.2, -0.15) is 0 Å². The van der Waals surface area contributed by atoms with E-state index in [0.29, 0.717) is 31.7 Å². The van der Waals surface area contributed by atoms with Crippen molar-refractivity contribution in [2.75, 3.05) is 13.1 Å². The highest BCUT2D eigenvalue weighted by Crippen LogP contribution is 2.30. The number of hydrogen-bond donors (Lipinski definition) is 1. The predicted molar refractivity (Wildman–Crippen MR) is 84.6 cm³/mol. The van der Waals surface area contributed by atoms with E-state index >= 15 is 0 Å². The molecule has 0 unspecified atom stereocenters. The van der Waals surface area contributed by atoms with Gasteiger partial charge in [-0.1, -0.05) is 12.1 Å². The number of fused-ring (bicyclic) bond motifs is 3. The summed E-state index contributed by atoms with van der Waals surface area (Å²) in [5.74, 6) is -0.123. The molecule has 2 aliphatic rings. The summed E-state index contributed by atoms with van der Waals surface area (Å²) < 4.78 is 7.80. The fourth-order valence-corrected chi connectivity index (χ4v) is 3.47. The topological polar surface area (TPSA) is 93.1 Å². The third-order valence-electron chi connectivity index (χ3n) is 4.75. The molecule has 126 valence electrons. The van der Waals surface area contributed by atoms with Gasteiger partial charge in [0.1, 0.15) is 0 Å². The molecule has 8 heteroatoms. The van der Waals surface area contributed by atoms with Crippen molar-refractivity contribution in [2.24, 2.45) is 0 Å². The molecule has 2 aromatic heterocycles. The lowest BCUT2D eigenvalue weighted by atomic mass is 9.99. The molecule has 1 amide bonds. The van der Waals surface area contributed by atoms with Crippen LogP contribution in [0.25, 0.3) is 0 Å². The van der Waals surface area contributed by atoms with E-state index in [1.165, 1.54) is 6.07 Å². The number of amides is 1. The number of aromatic amines is 1. The zero-order valence-electron chi connectivity index (χ0n) is 13.4. The van der Waals surface area contributed by atoms with Crippen LogP contribution >= 0.6 is 0 Å². The summed E-state index contributed by atoms with van der Waals surface area (Å²) in [4.78, 5) is 29.0. The smallest absolute Gasteiger partial charge is 0.254 e. The van der Waals surface area contributed by atoms with Crippen molar-refractivity contribution in [3.63, 3.8) is 0 Å². The number of H-pyrrole nitrogens is 1. The van der Waals surface area contributed by atoms with E-state index in [4.69, 9.17) is 4.74 Å². The minimum Gasteiger partial charge on any atom is -0.368 e. The first-order chi connectivity index (χ1) is 11.7. The van der Waals surface area contributed by atoms with Gasteiger partial charge in [0, 0.05) is 30.4 Å². The number of hydrogen-bond acceptors (Lipinski definition) is 5. The Balaban J connectivity index is 1.54. The fourth-order valence-electron chi connectivity index (χ4n) is 3.47. The van der Waals surface area contributed by atoms with Crippen LogP contribution in [0.2, 0.25) is 0 Å². The first-order valence-corrected chi connectivity index (χ1v) is 8.19. The number of piperidine rings is 1. The Morgan fingerprint density at radius 1 is 1.46 bits per heavy atom. The molecular formula is C16H19N5O3. The number of ether oxygens (including phenoxy) is 1. The van der Waals surface area contributed by atoms with E-state index in [1.807, 2.05) is 11.6 Å². The molecule has 1 N–H and O–H groups in total. The van der Waals surface area contributed by atoms with Crippen molar-refractivity contribution in [3.8, 4) is 0 Å². The van der Waals surface area contributed by atoms with Gasteiger partial charge in [0.2, 0.25) is 5.56 Å². The van der Waals surface area contributed by atoms with Crippen LogP contribution in [0, 0.1) is 0 Å². The van der Waals surface area contributed by atoms with E-state index in [1.54, 1.807) is 17.2 Å². The number of aryl methyl sites for hydroxylation is 1. The van der Waals surface area contributed by atoms with Crippen molar-refractivity contribution in [3.05, 3.63) is 45.6 Å². The SMILES string of the molecule is CCc1cc(C(=O)N2CC[C@H]3[C@H](C2)OCc2cnnn23)cc(=O)[nH]1. The molecule has 1 saturated heterocycles. The van der Waals surface area contributed by atoms with E-state index < -0.39 is 0 Å². The van der Waals surface area contributed by atoms with Gasteiger partial charge in [-0.05, 0) is 18.9 Å². The van der Waals surface area contributed by atoms with Gasteiger partial charge < -0.3 is 14.6 Å². The molecule has 2 atom stereocenters. The number of rotatable bonds is 2. The maximum absolute atomic E-state index is 12.8. The zero-order valence-corrected chi connectivity index (χ0v) is 13.4. The highest BCUT2D eigenvalue weighted by atomic mass is 16.5. The van der Waals surface area contributed by atoms with Gasteiger partial charge in [0.05, 0.1) is 30.6 Å². The fraction of sp³-hybridized carbons (Fsp3) is 0.500. The quantitative estimate of drug-likeness (QED) is 0.867. The first kappa shape index (κ1) is 15.1. The molecule has 24 heavy (non-hydrogen) atoms. The van der Waals surface area contributed by atoms with Crippen molar-refractivity contribution in [1.29, 1.82) is 0 Å². The Hall–Kier alpha value is -2.48. The number of carbonyl (C=O) groups excluding carboxylic acids is 1. The molecule has 2 aromatic rings. The summed E-state index contributed by atoms with van der Waals surface area (Å²) in [6.45, 7) is 3.51. The van der Waals surface area contributed by atoms with Crippen LogP contribution < -0.4 is 5.56 Å². The van der Waals surface area contributed by atoms with E-state index in [9.17, 15) is 9.59 Å². The van der Waals surface area contributed by atoms with Crippen molar-refractivity contribution < 1.29 is 9.53 Å². The molecule has 0 radical (unpaired) electrons. The van der Waals surface area contributed by atoms with Crippen LogP contribution in [-0.2, 0) is 17.8 Å². The first-order valence-electron chi connectivity index (χ1n) is 8.19.